The lowest BCUT2D eigenvalue weighted by Crippen LogP contribution is -2.07. The Morgan fingerprint density at radius 1 is 1.25 bits per heavy atom. The number of nitrogens with one attached hydrogen (secondary N) is 1. The zero-order valence-corrected chi connectivity index (χ0v) is 11.1. The highest BCUT2D eigenvalue weighted by molar-refractivity contribution is 5.75. The minimum absolute atomic E-state index is 0.277. The van der Waals surface area contributed by atoms with Crippen LogP contribution in [-0.2, 0) is 11.3 Å². The minimum Gasteiger partial charge on any atom is -0.481 e. The first kappa shape index (κ1) is 14.1. The van der Waals surface area contributed by atoms with Crippen molar-refractivity contribution < 1.29 is 14.3 Å². The van der Waals surface area contributed by atoms with E-state index < -0.39 is 11.9 Å². The molecule has 0 aliphatic heterocycles. The van der Waals surface area contributed by atoms with E-state index >= 15 is 0 Å². The van der Waals surface area contributed by atoms with Crippen LogP contribution in [0.25, 0.3) is 0 Å². The molecule has 2 aromatic rings. The maximum atomic E-state index is 13.0. The van der Waals surface area contributed by atoms with Gasteiger partial charge in [-0.25, -0.2) is 4.39 Å². The zero-order valence-electron chi connectivity index (χ0n) is 11.1. The number of hydrogen-bond donors (Lipinski definition) is 2. The molecule has 0 radical (unpaired) electrons. The van der Waals surface area contributed by atoms with Crippen LogP contribution in [0.4, 0.5) is 10.1 Å². The molecule has 2 aromatic carbocycles. The van der Waals surface area contributed by atoms with Gasteiger partial charge in [0, 0.05) is 12.2 Å². The van der Waals surface area contributed by atoms with Crippen LogP contribution >= 0.6 is 0 Å². The molecule has 4 heteroatoms. The van der Waals surface area contributed by atoms with E-state index in [1.165, 1.54) is 12.1 Å². The molecule has 0 aromatic heterocycles. The summed E-state index contributed by atoms with van der Waals surface area (Å²) in [5, 5.41) is 12.1. The second-order valence-electron chi connectivity index (χ2n) is 4.67. The van der Waals surface area contributed by atoms with Crippen LogP contribution in [-0.4, -0.2) is 11.1 Å². The Bertz CT molecular complexity index is 596. The summed E-state index contributed by atoms with van der Waals surface area (Å²) in [7, 11) is 0. The van der Waals surface area contributed by atoms with Crippen molar-refractivity contribution in [3.8, 4) is 0 Å². The summed E-state index contributed by atoms with van der Waals surface area (Å²) >= 11 is 0. The Hall–Kier alpha value is -2.36. The molecular formula is C16H16FNO2. The highest BCUT2D eigenvalue weighted by atomic mass is 19.1. The van der Waals surface area contributed by atoms with Crippen LogP contribution in [0.15, 0.2) is 48.5 Å². The number of hydrogen-bond acceptors (Lipinski definition) is 2. The summed E-state index contributed by atoms with van der Waals surface area (Å²) in [5.41, 5.74) is 2.50. The van der Waals surface area contributed by atoms with Crippen LogP contribution in [0.3, 0.4) is 0 Å². The van der Waals surface area contributed by atoms with E-state index in [0.717, 1.165) is 11.1 Å². The van der Waals surface area contributed by atoms with Gasteiger partial charge < -0.3 is 10.4 Å². The van der Waals surface area contributed by atoms with E-state index in [0.29, 0.717) is 12.2 Å². The molecule has 0 aliphatic rings. The van der Waals surface area contributed by atoms with E-state index in [4.69, 9.17) is 5.11 Å². The first-order valence-corrected chi connectivity index (χ1v) is 6.37. The number of aliphatic carboxylic acids is 1. The van der Waals surface area contributed by atoms with Crippen LogP contribution in [0.2, 0.25) is 0 Å². The Balaban J connectivity index is 1.99. The lowest BCUT2D eigenvalue weighted by molar-refractivity contribution is -0.138. The van der Waals surface area contributed by atoms with E-state index in [1.54, 1.807) is 31.2 Å². The van der Waals surface area contributed by atoms with Gasteiger partial charge in [-0.3, -0.25) is 4.79 Å². The molecule has 0 aliphatic carbocycles. The van der Waals surface area contributed by atoms with Gasteiger partial charge in [0.1, 0.15) is 5.82 Å². The fraction of sp³-hybridized carbons (Fsp3) is 0.188. The molecule has 0 saturated carbocycles. The molecule has 20 heavy (non-hydrogen) atoms. The van der Waals surface area contributed by atoms with Crippen molar-refractivity contribution in [1.82, 2.24) is 0 Å². The third-order valence-electron chi connectivity index (χ3n) is 3.17. The first-order chi connectivity index (χ1) is 9.56. The number of carbonyl (C=O) groups is 1. The number of rotatable bonds is 5. The van der Waals surface area contributed by atoms with Gasteiger partial charge in [-0.1, -0.05) is 30.3 Å². The maximum absolute atomic E-state index is 13.0. The van der Waals surface area contributed by atoms with E-state index in [-0.39, 0.29) is 5.82 Å². The van der Waals surface area contributed by atoms with E-state index in [9.17, 15) is 9.18 Å². The van der Waals surface area contributed by atoms with Crippen molar-refractivity contribution in [3.63, 3.8) is 0 Å². The Kier molecular flexibility index (Phi) is 4.35. The van der Waals surface area contributed by atoms with Crippen molar-refractivity contribution in [2.24, 2.45) is 0 Å². The zero-order chi connectivity index (χ0) is 14.5. The summed E-state index contributed by atoms with van der Waals surface area (Å²) in [6, 6.07) is 13.6. The molecular weight excluding hydrogens is 257 g/mol. The van der Waals surface area contributed by atoms with Gasteiger partial charge in [0.05, 0.1) is 5.92 Å². The van der Waals surface area contributed by atoms with Gasteiger partial charge in [-0.2, -0.15) is 0 Å². The number of halogens is 1. The molecule has 1 atom stereocenters. The first-order valence-electron chi connectivity index (χ1n) is 6.37. The van der Waals surface area contributed by atoms with Crippen LogP contribution in [0.1, 0.15) is 24.0 Å². The summed E-state index contributed by atoms with van der Waals surface area (Å²) < 4.78 is 13.0. The number of anilines is 1. The average molecular weight is 273 g/mol. The summed E-state index contributed by atoms with van der Waals surface area (Å²) in [5.74, 6) is -1.63. The normalized spacial score (nSPS) is 11.9. The van der Waals surface area contributed by atoms with Crippen LogP contribution in [0.5, 0.6) is 0 Å². The van der Waals surface area contributed by atoms with Crippen LogP contribution in [0, 0.1) is 5.82 Å². The second-order valence-corrected chi connectivity index (χ2v) is 4.67. The van der Waals surface area contributed by atoms with Gasteiger partial charge in [-0.05, 0) is 36.2 Å². The van der Waals surface area contributed by atoms with E-state index in [2.05, 4.69) is 5.32 Å². The van der Waals surface area contributed by atoms with Gasteiger partial charge in [-0.15, -0.1) is 0 Å². The number of benzene rings is 2. The molecule has 2 rings (SSSR count). The predicted octanol–water partition coefficient (Wildman–Crippen LogP) is 3.63. The Morgan fingerprint density at radius 2 is 1.95 bits per heavy atom. The molecule has 1 unspecified atom stereocenters. The maximum Gasteiger partial charge on any atom is 0.310 e. The Labute approximate surface area is 117 Å². The smallest absolute Gasteiger partial charge is 0.310 e. The van der Waals surface area contributed by atoms with Crippen LogP contribution < -0.4 is 5.32 Å². The molecule has 0 fully saturated rings. The summed E-state index contributed by atoms with van der Waals surface area (Å²) in [6.07, 6.45) is 0. The molecule has 0 spiro atoms. The van der Waals surface area contributed by atoms with Crippen molar-refractivity contribution in [2.45, 2.75) is 19.4 Å². The Morgan fingerprint density at radius 3 is 2.55 bits per heavy atom. The number of carboxylic acids is 1. The quantitative estimate of drug-likeness (QED) is 0.874. The van der Waals surface area contributed by atoms with Crippen molar-refractivity contribution in [3.05, 3.63) is 65.5 Å². The van der Waals surface area contributed by atoms with Crippen molar-refractivity contribution >= 4 is 11.7 Å². The predicted molar refractivity (Wildman–Crippen MR) is 76.2 cm³/mol. The fourth-order valence-corrected chi connectivity index (χ4v) is 1.87. The average Bonchev–Trinajstić information content (AvgIpc) is 2.45. The van der Waals surface area contributed by atoms with Crippen molar-refractivity contribution in [2.75, 3.05) is 5.32 Å². The standard InChI is InChI=1S/C16H16FNO2/c1-11(16(19)20)13-7-5-12(6-8-13)10-18-15-4-2-3-14(17)9-15/h2-9,11,18H,10H2,1H3,(H,19,20). The van der Waals surface area contributed by atoms with Gasteiger partial charge >= 0.3 is 5.97 Å². The third-order valence-corrected chi connectivity index (χ3v) is 3.17. The molecule has 0 saturated heterocycles. The molecule has 104 valence electrons. The van der Waals surface area contributed by atoms with E-state index in [1.807, 2.05) is 12.1 Å². The molecule has 0 heterocycles. The fourth-order valence-electron chi connectivity index (χ4n) is 1.87. The largest absolute Gasteiger partial charge is 0.481 e. The molecule has 0 amide bonds. The highest BCUT2D eigenvalue weighted by Crippen LogP contribution is 2.17. The molecule has 3 nitrogen and oxygen atoms in total. The third kappa shape index (κ3) is 3.57. The highest BCUT2D eigenvalue weighted by Gasteiger charge is 2.12. The summed E-state index contributed by atoms with van der Waals surface area (Å²) in [6.45, 7) is 2.22. The topological polar surface area (TPSA) is 49.3 Å². The minimum atomic E-state index is -0.837. The second kappa shape index (κ2) is 6.19. The number of carboxylic acid groups (broad SMARTS) is 1. The lowest BCUT2D eigenvalue weighted by Gasteiger charge is -2.09. The van der Waals surface area contributed by atoms with Crippen molar-refractivity contribution in [1.29, 1.82) is 0 Å². The van der Waals surface area contributed by atoms with Gasteiger partial charge in [0.2, 0.25) is 0 Å². The molecule has 0 bridgehead atoms. The molecule has 2 N–H and O–H groups in total. The SMILES string of the molecule is CC(C(=O)O)c1ccc(CNc2cccc(F)c2)cc1. The van der Waals surface area contributed by atoms with Gasteiger partial charge in [0.25, 0.3) is 0 Å². The monoisotopic (exact) mass is 273 g/mol. The lowest BCUT2D eigenvalue weighted by atomic mass is 10.00. The summed E-state index contributed by atoms with van der Waals surface area (Å²) in [4.78, 5) is 10.9. The van der Waals surface area contributed by atoms with Gasteiger partial charge in [0.15, 0.2) is 0 Å².